The fourth-order valence-electron chi connectivity index (χ4n) is 8.21. The molecule has 4 aromatic carbocycles. The summed E-state index contributed by atoms with van der Waals surface area (Å²) in [5.74, 6) is 0.0570. The third-order valence-electron chi connectivity index (χ3n) is 10.4. The van der Waals surface area contributed by atoms with E-state index in [1.54, 1.807) is 20.8 Å². The molecule has 0 aliphatic carbocycles. The van der Waals surface area contributed by atoms with Gasteiger partial charge in [0, 0.05) is 70.4 Å². The maximum atomic E-state index is 14.1. The van der Waals surface area contributed by atoms with Gasteiger partial charge in [0.25, 0.3) is 11.8 Å². The van der Waals surface area contributed by atoms with Crippen LogP contribution in [-0.2, 0) is 17.6 Å². The van der Waals surface area contributed by atoms with E-state index in [2.05, 4.69) is 9.97 Å². The molecule has 6 aromatic rings. The molecule has 3 amide bonds. The molecule has 0 bridgehead atoms. The molecular weight excluding hydrogens is 666 g/mol. The third-order valence-corrected chi connectivity index (χ3v) is 10.8. The largest absolute Gasteiger partial charge is 0.507 e. The van der Waals surface area contributed by atoms with E-state index in [1.165, 1.54) is 0 Å². The number of aromatic amines is 2. The van der Waals surface area contributed by atoms with Crippen LogP contribution in [0.15, 0.2) is 66.7 Å². The van der Waals surface area contributed by atoms with Crippen molar-refractivity contribution in [2.24, 2.45) is 0 Å². The van der Waals surface area contributed by atoms with E-state index in [4.69, 9.17) is 16.3 Å². The molecule has 9 rings (SSSR count). The number of phenolic OH excluding ortho intramolecular Hbond substituents is 1. The van der Waals surface area contributed by atoms with Gasteiger partial charge in [0.15, 0.2) is 0 Å². The van der Waals surface area contributed by atoms with Crippen LogP contribution in [0.1, 0.15) is 64.4 Å². The van der Waals surface area contributed by atoms with Crippen LogP contribution in [0.2, 0.25) is 0 Å². The Labute approximate surface area is 298 Å². The highest BCUT2D eigenvalue weighted by Gasteiger charge is 2.37. The van der Waals surface area contributed by atoms with Gasteiger partial charge in [-0.15, -0.1) is 11.6 Å². The summed E-state index contributed by atoms with van der Waals surface area (Å²) in [7, 11) is 0. The normalized spacial score (nSPS) is 16.7. The van der Waals surface area contributed by atoms with E-state index in [0.29, 0.717) is 55.4 Å². The van der Waals surface area contributed by atoms with Crippen molar-refractivity contribution in [2.45, 2.75) is 45.1 Å². The first kappa shape index (κ1) is 31.5. The topological polar surface area (TPSA) is 122 Å². The lowest BCUT2D eigenvalue weighted by molar-refractivity contribution is 0.0583. The number of fused-ring (bicyclic) bond motifs is 9. The van der Waals surface area contributed by atoms with Crippen molar-refractivity contribution in [3.8, 4) is 5.75 Å². The van der Waals surface area contributed by atoms with Crippen molar-refractivity contribution >= 4 is 79.1 Å². The Hall–Kier alpha value is -5.48. The quantitative estimate of drug-likeness (QED) is 0.162. The number of H-pyrrole nitrogens is 2. The number of ether oxygens (including phenoxy) is 1. The molecule has 258 valence electrons. The maximum absolute atomic E-state index is 14.1. The lowest BCUT2D eigenvalue weighted by Crippen LogP contribution is -2.35. The molecule has 11 heteroatoms. The van der Waals surface area contributed by atoms with Gasteiger partial charge in [0.2, 0.25) is 0 Å². The standard InChI is InChI=1S/C40H36ClN5O5/c1-40(2,3)51-39(50)45-15-13-23-27-16-30(42-29(27)9-11-33(23)45)37(48)44-14-12-22-26-17-31(43-28(26)8-10-32(22)44)38(49)46-20-21(19-41)36-25-7-5-4-6-24(25)35(47)18-34(36)46/h4-11,16-18,21,42-43,47H,12-15,19-20H2,1-3H3/t21-/m1/s1. The van der Waals surface area contributed by atoms with Crippen LogP contribution in [0, 0.1) is 0 Å². The third kappa shape index (κ3) is 4.87. The lowest BCUT2D eigenvalue weighted by Gasteiger charge is -2.24. The number of phenols is 1. The maximum Gasteiger partial charge on any atom is 0.414 e. The van der Waals surface area contributed by atoms with Gasteiger partial charge in [-0.1, -0.05) is 24.3 Å². The number of benzene rings is 4. The predicted molar refractivity (Wildman–Crippen MR) is 200 cm³/mol. The molecule has 3 N–H and O–H groups in total. The number of nitrogens with one attached hydrogen (secondary N) is 2. The Balaban J connectivity index is 1.01. The number of carbonyl (C=O) groups excluding carboxylic acids is 3. The molecule has 3 aliphatic rings. The number of anilines is 3. The van der Waals surface area contributed by atoms with Crippen LogP contribution in [0.3, 0.4) is 0 Å². The van der Waals surface area contributed by atoms with Crippen molar-refractivity contribution in [1.29, 1.82) is 0 Å². The van der Waals surface area contributed by atoms with Gasteiger partial charge in [-0.05, 0) is 92.1 Å². The molecule has 0 radical (unpaired) electrons. The van der Waals surface area contributed by atoms with E-state index in [0.717, 1.165) is 60.6 Å². The van der Waals surface area contributed by atoms with Crippen molar-refractivity contribution in [3.05, 3.63) is 94.8 Å². The molecule has 3 aliphatic heterocycles. The van der Waals surface area contributed by atoms with Crippen molar-refractivity contribution < 1.29 is 24.2 Å². The number of rotatable bonds is 3. The monoisotopic (exact) mass is 701 g/mol. The van der Waals surface area contributed by atoms with Crippen molar-refractivity contribution in [1.82, 2.24) is 9.97 Å². The predicted octanol–water partition coefficient (Wildman–Crippen LogP) is 7.99. The zero-order valence-corrected chi connectivity index (χ0v) is 29.2. The molecular formula is C40H36ClN5O5. The summed E-state index contributed by atoms with van der Waals surface area (Å²) >= 11 is 6.43. The molecule has 0 spiro atoms. The Morgan fingerprint density at radius 3 is 1.94 bits per heavy atom. The number of alkyl halides is 1. The van der Waals surface area contributed by atoms with Gasteiger partial charge in [-0.25, -0.2) is 4.79 Å². The average molecular weight is 702 g/mol. The molecule has 0 saturated heterocycles. The van der Waals surface area contributed by atoms with Gasteiger partial charge < -0.3 is 29.6 Å². The summed E-state index contributed by atoms with van der Waals surface area (Å²) < 4.78 is 5.63. The highest BCUT2D eigenvalue weighted by atomic mass is 35.5. The first-order valence-corrected chi connectivity index (χ1v) is 17.8. The minimum absolute atomic E-state index is 0.0704. The Bertz CT molecular complexity index is 2480. The van der Waals surface area contributed by atoms with E-state index < -0.39 is 5.60 Å². The Morgan fingerprint density at radius 1 is 0.765 bits per heavy atom. The van der Waals surface area contributed by atoms with Crippen molar-refractivity contribution in [2.75, 3.05) is 40.2 Å². The first-order chi connectivity index (χ1) is 24.5. The zero-order valence-electron chi connectivity index (χ0n) is 28.5. The molecule has 2 aromatic heterocycles. The summed E-state index contributed by atoms with van der Waals surface area (Å²) in [6.45, 7) is 6.99. The van der Waals surface area contributed by atoms with Gasteiger partial charge in [-0.3, -0.25) is 14.5 Å². The van der Waals surface area contributed by atoms with Gasteiger partial charge in [-0.2, -0.15) is 0 Å². The highest BCUT2D eigenvalue weighted by molar-refractivity contribution is 6.19. The minimum Gasteiger partial charge on any atom is -0.507 e. The highest BCUT2D eigenvalue weighted by Crippen LogP contribution is 2.46. The van der Waals surface area contributed by atoms with Crippen LogP contribution >= 0.6 is 11.6 Å². The Kier molecular flexibility index (Phi) is 6.96. The minimum atomic E-state index is -0.596. The van der Waals surface area contributed by atoms with Crippen LogP contribution in [0.25, 0.3) is 32.6 Å². The summed E-state index contributed by atoms with van der Waals surface area (Å²) in [4.78, 5) is 52.8. The molecule has 0 fully saturated rings. The average Bonchev–Trinajstić information content (AvgIpc) is 3.93. The molecule has 51 heavy (non-hydrogen) atoms. The number of hydrogen-bond donors (Lipinski definition) is 3. The number of carbonyl (C=O) groups is 3. The molecule has 0 unspecified atom stereocenters. The number of halogens is 1. The smallest absolute Gasteiger partial charge is 0.414 e. The lowest BCUT2D eigenvalue weighted by atomic mass is 9.95. The van der Waals surface area contributed by atoms with E-state index in [-0.39, 0.29) is 29.6 Å². The number of nitrogens with zero attached hydrogens (tertiary/aromatic N) is 3. The number of amides is 3. The van der Waals surface area contributed by atoms with Crippen LogP contribution in [0.5, 0.6) is 5.75 Å². The summed E-state index contributed by atoms with van der Waals surface area (Å²) in [5, 5.41) is 14.3. The number of aromatic nitrogens is 2. The second-order valence-corrected chi connectivity index (χ2v) is 15.0. The zero-order chi connectivity index (χ0) is 35.3. The first-order valence-electron chi connectivity index (χ1n) is 17.2. The van der Waals surface area contributed by atoms with Crippen LogP contribution in [-0.4, -0.2) is 64.1 Å². The summed E-state index contributed by atoms with van der Waals surface area (Å²) in [5.41, 5.74) is 7.26. The van der Waals surface area contributed by atoms with Crippen molar-refractivity contribution in [3.63, 3.8) is 0 Å². The van der Waals surface area contributed by atoms with E-state index in [1.807, 2.05) is 81.4 Å². The summed E-state index contributed by atoms with van der Waals surface area (Å²) in [6, 6.07) is 20.7. The van der Waals surface area contributed by atoms with Gasteiger partial charge in [0.05, 0.1) is 11.4 Å². The van der Waals surface area contributed by atoms with E-state index >= 15 is 0 Å². The fourth-order valence-corrected chi connectivity index (χ4v) is 8.46. The number of hydrogen-bond acceptors (Lipinski definition) is 5. The van der Waals surface area contributed by atoms with E-state index in [9.17, 15) is 19.5 Å². The molecule has 5 heterocycles. The SMILES string of the molecule is CC(C)(C)OC(=O)N1CCc2c1ccc1[nH]c(C(=O)N3CCc4c3ccc3[nH]c(C(=O)N5C[C@@H](CCl)c6c5cc(O)c5ccccc65)cc43)cc21. The van der Waals surface area contributed by atoms with Gasteiger partial charge in [0.1, 0.15) is 22.7 Å². The Morgan fingerprint density at radius 2 is 1.33 bits per heavy atom. The molecule has 1 atom stereocenters. The summed E-state index contributed by atoms with van der Waals surface area (Å²) in [6.07, 6.45) is 0.939. The van der Waals surface area contributed by atoms with Crippen LogP contribution in [0.4, 0.5) is 21.9 Å². The fraction of sp³-hybridized carbons (Fsp3) is 0.275. The van der Waals surface area contributed by atoms with Gasteiger partial charge >= 0.3 is 6.09 Å². The second-order valence-electron chi connectivity index (χ2n) is 14.6. The molecule has 10 nitrogen and oxygen atoms in total. The second kappa shape index (κ2) is 11.3. The number of aromatic hydroxyl groups is 1. The molecule has 0 saturated carbocycles. The van der Waals surface area contributed by atoms with Crippen LogP contribution < -0.4 is 14.7 Å².